The Kier molecular flexibility index (Phi) is 4.73. The lowest BCUT2D eigenvalue weighted by atomic mass is 10.1. The molecule has 1 aliphatic rings. The first-order valence-corrected chi connectivity index (χ1v) is 8.48. The van der Waals surface area contributed by atoms with Crippen LogP contribution in [0.5, 0.6) is 5.75 Å². The third-order valence-corrected chi connectivity index (χ3v) is 5.08. The lowest BCUT2D eigenvalue weighted by Crippen LogP contribution is -2.28. The van der Waals surface area contributed by atoms with Crippen molar-refractivity contribution in [3.8, 4) is 5.75 Å². The molecule has 1 saturated heterocycles. The van der Waals surface area contributed by atoms with E-state index in [2.05, 4.69) is 4.98 Å². The molecule has 0 aromatic carbocycles. The molecule has 22 heavy (non-hydrogen) atoms. The molecule has 0 radical (unpaired) electrons. The summed E-state index contributed by atoms with van der Waals surface area (Å²) in [5.74, 6) is 1.58. The summed E-state index contributed by atoms with van der Waals surface area (Å²) in [7, 11) is 0. The molecule has 1 aliphatic heterocycles. The number of hydrogen-bond donors (Lipinski definition) is 0. The van der Waals surface area contributed by atoms with E-state index in [0.29, 0.717) is 12.5 Å². The van der Waals surface area contributed by atoms with Gasteiger partial charge in [-0.05, 0) is 54.8 Å². The van der Waals surface area contributed by atoms with Crippen molar-refractivity contribution in [3.63, 3.8) is 0 Å². The van der Waals surface area contributed by atoms with Gasteiger partial charge in [0.05, 0.1) is 11.5 Å². The third-order valence-electron chi connectivity index (χ3n) is 4.07. The Morgan fingerprint density at radius 3 is 2.95 bits per heavy atom. The van der Waals surface area contributed by atoms with E-state index in [9.17, 15) is 4.79 Å². The second-order valence-corrected chi connectivity index (χ2v) is 6.57. The summed E-state index contributed by atoms with van der Waals surface area (Å²) < 4.78 is 5.71. The molecule has 0 bridgehead atoms. The van der Waals surface area contributed by atoms with E-state index in [0.717, 1.165) is 42.1 Å². The van der Waals surface area contributed by atoms with Crippen molar-refractivity contribution in [1.29, 1.82) is 0 Å². The van der Waals surface area contributed by atoms with Crippen LogP contribution in [0.25, 0.3) is 0 Å². The zero-order valence-corrected chi connectivity index (χ0v) is 13.5. The normalized spacial score (nSPS) is 17.7. The zero-order valence-electron chi connectivity index (χ0n) is 12.7. The highest BCUT2D eigenvalue weighted by atomic mass is 32.1. The Hall–Kier alpha value is -1.88. The molecule has 2 aromatic rings. The summed E-state index contributed by atoms with van der Waals surface area (Å²) in [6.07, 6.45) is 5.51. The van der Waals surface area contributed by atoms with Crippen LogP contribution in [-0.4, -0.2) is 35.5 Å². The monoisotopic (exact) mass is 316 g/mol. The van der Waals surface area contributed by atoms with Crippen molar-refractivity contribution < 1.29 is 9.53 Å². The van der Waals surface area contributed by atoms with Crippen LogP contribution < -0.4 is 4.74 Å². The van der Waals surface area contributed by atoms with Gasteiger partial charge in [0.25, 0.3) is 5.91 Å². The van der Waals surface area contributed by atoms with Crippen LogP contribution in [0.4, 0.5) is 0 Å². The minimum atomic E-state index is 0.185. The number of ether oxygens (including phenoxy) is 1. The first-order chi connectivity index (χ1) is 10.7. The molecule has 116 valence electrons. The molecule has 3 heterocycles. The van der Waals surface area contributed by atoms with Gasteiger partial charge in [-0.15, -0.1) is 11.3 Å². The van der Waals surface area contributed by atoms with Gasteiger partial charge in [0.2, 0.25) is 0 Å². The minimum absolute atomic E-state index is 0.185. The van der Waals surface area contributed by atoms with Crippen molar-refractivity contribution in [3.05, 3.63) is 46.4 Å². The standard InChI is InChI=1S/C17H20N2O2S/c1-13-6-11-22-16(13)17(20)19-9-4-14(12-19)5-10-21-15-2-7-18-8-3-15/h2-3,6-8,11,14H,4-5,9-10,12H2,1H3. The number of amides is 1. The van der Waals surface area contributed by atoms with E-state index < -0.39 is 0 Å². The molecule has 3 rings (SSSR count). The summed E-state index contributed by atoms with van der Waals surface area (Å²) in [5, 5.41) is 1.98. The van der Waals surface area contributed by atoms with Gasteiger partial charge in [0, 0.05) is 25.5 Å². The number of hydrogen-bond acceptors (Lipinski definition) is 4. The van der Waals surface area contributed by atoms with Crippen molar-refractivity contribution in [2.45, 2.75) is 19.8 Å². The second kappa shape index (κ2) is 6.92. The molecule has 0 aliphatic carbocycles. The van der Waals surface area contributed by atoms with Crippen molar-refractivity contribution >= 4 is 17.2 Å². The molecule has 1 fully saturated rings. The van der Waals surface area contributed by atoms with Crippen LogP contribution in [0.15, 0.2) is 36.0 Å². The van der Waals surface area contributed by atoms with E-state index in [1.807, 2.05) is 35.4 Å². The molecule has 0 spiro atoms. The fourth-order valence-electron chi connectivity index (χ4n) is 2.77. The van der Waals surface area contributed by atoms with Gasteiger partial charge in [0.15, 0.2) is 0 Å². The number of aromatic nitrogens is 1. The summed E-state index contributed by atoms with van der Waals surface area (Å²) in [4.78, 5) is 19.3. The Balaban J connectivity index is 1.46. The Morgan fingerprint density at radius 2 is 2.23 bits per heavy atom. The molecular weight excluding hydrogens is 296 g/mol. The predicted octanol–water partition coefficient (Wildman–Crippen LogP) is 3.38. The summed E-state index contributed by atoms with van der Waals surface area (Å²) in [5.41, 5.74) is 1.08. The van der Waals surface area contributed by atoms with E-state index in [4.69, 9.17) is 4.74 Å². The number of likely N-dealkylation sites (tertiary alicyclic amines) is 1. The van der Waals surface area contributed by atoms with Gasteiger partial charge < -0.3 is 9.64 Å². The molecule has 4 nitrogen and oxygen atoms in total. The first kappa shape index (κ1) is 15.0. The number of carbonyl (C=O) groups excluding carboxylic acids is 1. The van der Waals surface area contributed by atoms with Gasteiger partial charge in [-0.2, -0.15) is 0 Å². The number of thiophene rings is 1. The fraction of sp³-hybridized carbons (Fsp3) is 0.412. The lowest BCUT2D eigenvalue weighted by Gasteiger charge is -2.16. The van der Waals surface area contributed by atoms with E-state index in [1.54, 1.807) is 12.4 Å². The number of nitrogens with zero attached hydrogens (tertiary/aromatic N) is 2. The molecule has 5 heteroatoms. The highest BCUT2D eigenvalue weighted by molar-refractivity contribution is 7.12. The highest BCUT2D eigenvalue weighted by Crippen LogP contribution is 2.25. The summed E-state index contributed by atoms with van der Waals surface area (Å²) >= 11 is 1.54. The topological polar surface area (TPSA) is 42.4 Å². The summed E-state index contributed by atoms with van der Waals surface area (Å²) in [6, 6.07) is 5.74. The zero-order chi connectivity index (χ0) is 15.4. The third kappa shape index (κ3) is 3.47. The van der Waals surface area contributed by atoms with E-state index >= 15 is 0 Å². The van der Waals surface area contributed by atoms with Crippen molar-refractivity contribution in [1.82, 2.24) is 9.88 Å². The fourth-order valence-corrected chi connectivity index (χ4v) is 3.66. The van der Waals surface area contributed by atoms with Crippen molar-refractivity contribution in [2.75, 3.05) is 19.7 Å². The Bertz CT molecular complexity index is 627. The molecule has 1 unspecified atom stereocenters. The van der Waals surface area contributed by atoms with Crippen LogP contribution in [0.2, 0.25) is 0 Å². The maximum Gasteiger partial charge on any atom is 0.264 e. The summed E-state index contributed by atoms with van der Waals surface area (Å²) in [6.45, 7) is 4.39. The maximum atomic E-state index is 12.5. The average molecular weight is 316 g/mol. The van der Waals surface area contributed by atoms with Gasteiger partial charge >= 0.3 is 0 Å². The molecule has 0 N–H and O–H groups in total. The SMILES string of the molecule is Cc1ccsc1C(=O)N1CCC(CCOc2ccncc2)C1. The quantitative estimate of drug-likeness (QED) is 0.849. The Labute approximate surface area is 134 Å². The van der Waals surface area contributed by atoms with E-state index in [1.165, 1.54) is 11.3 Å². The average Bonchev–Trinajstić information content (AvgIpc) is 3.17. The molecule has 2 aromatic heterocycles. The molecular formula is C17H20N2O2S. The van der Waals surface area contributed by atoms with Gasteiger partial charge in [-0.25, -0.2) is 0 Å². The maximum absolute atomic E-state index is 12.5. The lowest BCUT2D eigenvalue weighted by molar-refractivity contribution is 0.0789. The molecule has 1 atom stereocenters. The van der Waals surface area contributed by atoms with Gasteiger partial charge in [-0.1, -0.05) is 0 Å². The number of aryl methyl sites for hydroxylation is 1. The van der Waals surface area contributed by atoms with Crippen LogP contribution in [0.1, 0.15) is 28.1 Å². The van der Waals surface area contributed by atoms with Crippen LogP contribution in [0.3, 0.4) is 0 Å². The van der Waals surface area contributed by atoms with Crippen LogP contribution in [0, 0.1) is 12.8 Å². The molecule has 0 saturated carbocycles. The first-order valence-electron chi connectivity index (χ1n) is 7.60. The Morgan fingerprint density at radius 1 is 1.41 bits per heavy atom. The van der Waals surface area contributed by atoms with Gasteiger partial charge in [0.1, 0.15) is 5.75 Å². The molecule has 1 amide bonds. The predicted molar refractivity (Wildman–Crippen MR) is 87.4 cm³/mol. The van der Waals surface area contributed by atoms with E-state index in [-0.39, 0.29) is 5.91 Å². The van der Waals surface area contributed by atoms with Crippen LogP contribution in [-0.2, 0) is 0 Å². The van der Waals surface area contributed by atoms with Crippen molar-refractivity contribution in [2.24, 2.45) is 5.92 Å². The van der Waals surface area contributed by atoms with Gasteiger partial charge in [-0.3, -0.25) is 9.78 Å². The second-order valence-electron chi connectivity index (χ2n) is 5.66. The minimum Gasteiger partial charge on any atom is -0.493 e. The highest BCUT2D eigenvalue weighted by Gasteiger charge is 2.28. The number of rotatable bonds is 5. The number of carbonyl (C=O) groups is 1. The van der Waals surface area contributed by atoms with Crippen LogP contribution >= 0.6 is 11.3 Å². The largest absolute Gasteiger partial charge is 0.493 e. The smallest absolute Gasteiger partial charge is 0.264 e. The number of pyridine rings is 1.